The fraction of sp³-hybridized carbons (Fsp3) is 0.0800. The number of para-hydroxylation sites is 1. The summed E-state index contributed by atoms with van der Waals surface area (Å²) in [6.07, 6.45) is 1.90. The van der Waals surface area contributed by atoms with Crippen LogP contribution in [0, 0.1) is 6.92 Å². The lowest BCUT2D eigenvalue weighted by atomic mass is 10.1. The Morgan fingerprint density at radius 2 is 1.78 bits per heavy atom. The Labute approximate surface area is 189 Å². The highest BCUT2D eigenvalue weighted by Gasteiger charge is 2.20. The van der Waals surface area contributed by atoms with Gasteiger partial charge in [0, 0.05) is 17.1 Å². The number of methoxy groups -OCH3 is 1. The molecule has 0 unspecified atom stereocenters. The molecular weight excluding hydrogens is 420 g/mol. The number of hydrogen-bond acceptors (Lipinski definition) is 5. The van der Waals surface area contributed by atoms with Gasteiger partial charge in [0.15, 0.2) is 0 Å². The van der Waals surface area contributed by atoms with E-state index < -0.39 is 0 Å². The van der Waals surface area contributed by atoms with Gasteiger partial charge in [0.25, 0.3) is 5.91 Å². The molecule has 5 rings (SSSR count). The van der Waals surface area contributed by atoms with Crippen molar-refractivity contribution >= 4 is 28.7 Å². The number of pyridine rings is 1. The SMILES string of the molecule is COc1ccccc1-c1nc(C(=O)Nc2c(-c3ccccc3)nc3c(C)cccn23)cs1. The van der Waals surface area contributed by atoms with Crippen LogP contribution >= 0.6 is 11.3 Å². The zero-order valence-electron chi connectivity index (χ0n) is 17.6. The first-order valence-corrected chi connectivity index (χ1v) is 11.0. The lowest BCUT2D eigenvalue weighted by molar-refractivity contribution is 0.102. The van der Waals surface area contributed by atoms with E-state index in [4.69, 9.17) is 9.72 Å². The molecular formula is C25H20N4O2S. The average molecular weight is 441 g/mol. The van der Waals surface area contributed by atoms with Gasteiger partial charge in [-0.3, -0.25) is 9.20 Å². The quantitative estimate of drug-likeness (QED) is 0.381. The smallest absolute Gasteiger partial charge is 0.276 e. The van der Waals surface area contributed by atoms with E-state index in [2.05, 4.69) is 10.3 Å². The highest BCUT2D eigenvalue weighted by Crippen LogP contribution is 2.33. The Morgan fingerprint density at radius 1 is 1.00 bits per heavy atom. The summed E-state index contributed by atoms with van der Waals surface area (Å²) in [7, 11) is 1.62. The van der Waals surface area contributed by atoms with E-state index in [0.717, 1.165) is 33.1 Å². The molecule has 1 N–H and O–H groups in total. The van der Waals surface area contributed by atoms with Crippen LogP contribution in [0.5, 0.6) is 5.75 Å². The highest BCUT2D eigenvalue weighted by molar-refractivity contribution is 7.13. The highest BCUT2D eigenvalue weighted by atomic mass is 32.1. The van der Waals surface area contributed by atoms with E-state index in [0.29, 0.717) is 17.2 Å². The minimum Gasteiger partial charge on any atom is -0.496 e. The van der Waals surface area contributed by atoms with E-state index in [1.165, 1.54) is 11.3 Å². The maximum atomic E-state index is 13.2. The number of rotatable bonds is 5. The molecule has 32 heavy (non-hydrogen) atoms. The maximum Gasteiger partial charge on any atom is 0.276 e. The van der Waals surface area contributed by atoms with E-state index in [1.54, 1.807) is 12.5 Å². The van der Waals surface area contributed by atoms with Gasteiger partial charge in [0.2, 0.25) is 0 Å². The Balaban J connectivity index is 1.53. The first kappa shape index (κ1) is 20.0. The molecule has 3 heterocycles. The minimum absolute atomic E-state index is 0.289. The van der Waals surface area contributed by atoms with Gasteiger partial charge >= 0.3 is 0 Å². The van der Waals surface area contributed by atoms with Crippen LogP contribution in [0.2, 0.25) is 0 Å². The molecule has 0 aliphatic rings. The van der Waals surface area contributed by atoms with Crippen molar-refractivity contribution in [3.8, 4) is 27.6 Å². The largest absolute Gasteiger partial charge is 0.496 e. The number of ether oxygens (including phenoxy) is 1. The number of nitrogens with zero attached hydrogens (tertiary/aromatic N) is 3. The third-order valence-corrected chi connectivity index (χ3v) is 6.07. The van der Waals surface area contributed by atoms with Crippen LogP contribution in [-0.4, -0.2) is 27.4 Å². The van der Waals surface area contributed by atoms with Gasteiger partial charge in [-0.05, 0) is 30.7 Å². The van der Waals surface area contributed by atoms with Crippen LogP contribution in [0.4, 0.5) is 5.82 Å². The molecule has 7 heteroatoms. The molecule has 1 amide bonds. The fourth-order valence-corrected chi connectivity index (χ4v) is 4.45. The van der Waals surface area contributed by atoms with Crippen molar-refractivity contribution in [1.29, 1.82) is 0 Å². The normalized spacial score (nSPS) is 10.9. The van der Waals surface area contributed by atoms with Crippen molar-refractivity contribution in [3.05, 3.63) is 89.6 Å². The van der Waals surface area contributed by atoms with Gasteiger partial charge in [0.05, 0.1) is 12.7 Å². The zero-order chi connectivity index (χ0) is 22.1. The maximum absolute atomic E-state index is 13.2. The molecule has 0 fully saturated rings. The molecule has 0 bridgehead atoms. The molecule has 0 aliphatic heterocycles. The summed E-state index contributed by atoms with van der Waals surface area (Å²) < 4.78 is 7.34. The number of amides is 1. The van der Waals surface area contributed by atoms with Gasteiger partial charge in [-0.2, -0.15) is 0 Å². The van der Waals surface area contributed by atoms with Crippen molar-refractivity contribution in [3.63, 3.8) is 0 Å². The van der Waals surface area contributed by atoms with Crippen molar-refractivity contribution in [2.24, 2.45) is 0 Å². The summed E-state index contributed by atoms with van der Waals surface area (Å²) >= 11 is 1.41. The summed E-state index contributed by atoms with van der Waals surface area (Å²) in [6, 6.07) is 21.4. The van der Waals surface area contributed by atoms with E-state index in [1.807, 2.05) is 84.3 Å². The molecule has 0 atom stereocenters. The summed E-state index contributed by atoms with van der Waals surface area (Å²) in [5, 5.41) is 5.53. The molecule has 0 saturated carbocycles. The lowest BCUT2D eigenvalue weighted by Crippen LogP contribution is -2.14. The van der Waals surface area contributed by atoms with E-state index in [9.17, 15) is 4.79 Å². The number of benzene rings is 2. The van der Waals surface area contributed by atoms with E-state index in [-0.39, 0.29) is 5.91 Å². The van der Waals surface area contributed by atoms with Crippen LogP contribution < -0.4 is 10.1 Å². The summed E-state index contributed by atoms with van der Waals surface area (Å²) in [6.45, 7) is 2.00. The molecule has 2 aromatic carbocycles. The number of carbonyl (C=O) groups is 1. The second-order valence-electron chi connectivity index (χ2n) is 7.25. The number of imidazole rings is 1. The van der Waals surface area contributed by atoms with Gasteiger partial charge < -0.3 is 10.1 Å². The standard InChI is InChI=1S/C25H20N4O2S/c1-16-9-8-14-29-22(16)27-21(17-10-4-3-5-11-17)23(29)28-24(30)19-15-32-25(26-19)18-12-6-7-13-20(18)31-2/h3-15H,1-2H3,(H,28,30). The Morgan fingerprint density at radius 3 is 2.59 bits per heavy atom. The predicted molar refractivity (Wildman–Crippen MR) is 127 cm³/mol. The Kier molecular flexibility index (Phi) is 5.17. The predicted octanol–water partition coefficient (Wildman–Crippen LogP) is 5.69. The number of nitrogens with one attached hydrogen (secondary N) is 1. The number of anilines is 1. The number of aromatic nitrogens is 3. The third kappa shape index (κ3) is 3.52. The minimum atomic E-state index is -0.289. The molecule has 6 nitrogen and oxygen atoms in total. The van der Waals surface area contributed by atoms with E-state index >= 15 is 0 Å². The molecule has 0 spiro atoms. The first-order valence-electron chi connectivity index (χ1n) is 10.1. The van der Waals surface area contributed by atoms with Crippen LogP contribution in [0.1, 0.15) is 16.1 Å². The van der Waals surface area contributed by atoms with Crippen LogP contribution in [0.3, 0.4) is 0 Å². The molecule has 0 radical (unpaired) electrons. The summed E-state index contributed by atoms with van der Waals surface area (Å²) in [5.41, 5.74) is 4.67. The average Bonchev–Trinajstić information content (AvgIpc) is 3.46. The number of hydrogen-bond donors (Lipinski definition) is 1. The third-order valence-electron chi connectivity index (χ3n) is 5.20. The van der Waals surface area contributed by atoms with Crippen molar-refractivity contribution in [2.45, 2.75) is 6.92 Å². The van der Waals surface area contributed by atoms with Crippen LogP contribution in [0.15, 0.2) is 78.3 Å². The molecule has 0 saturated heterocycles. The number of aryl methyl sites for hydroxylation is 1. The van der Waals surface area contributed by atoms with Gasteiger partial charge in [-0.25, -0.2) is 9.97 Å². The number of carbonyl (C=O) groups excluding carboxylic acids is 1. The summed E-state index contributed by atoms with van der Waals surface area (Å²) in [4.78, 5) is 22.6. The second-order valence-corrected chi connectivity index (χ2v) is 8.11. The van der Waals surface area contributed by atoms with Crippen LogP contribution in [-0.2, 0) is 0 Å². The molecule has 3 aromatic heterocycles. The zero-order valence-corrected chi connectivity index (χ0v) is 18.4. The van der Waals surface area contributed by atoms with Gasteiger partial charge in [-0.1, -0.05) is 48.5 Å². The van der Waals surface area contributed by atoms with Gasteiger partial charge in [0.1, 0.15) is 33.6 Å². The Bertz CT molecular complexity index is 1420. The number of thiazole rings is 1. The first-order chi connectivity index (χ1) is 15.7. The number of fused-ring (bicyclic) bond motifs is 1. The monoisotopic (exact) mass is 440 g/mol. The lowest BCUT2D eigenvalue weighted by Gasteiger charge is -2.07. The van der Waals surface area contributed by atoms with Crippen molar-refractivity contribution in [1.82, 2.24) is 14.4 Å². The second kappa shape index (κ2) is 8.28. The topological polar surface area (TPSA) is 68.5 Å². The summed E-state index contributed by atoms with van der Waals surface area (Å²) in [5.74, 6) is 1.05. The van der Waals surface area contributed by atoms with Crippen LogP contribution in [0.25, 0.3) is 27.5 Å². The van der Waals surface area contributed by atoms with Crippen molar-refractivity contribution in [2.75, 3.05) is 12.4 Å². The van der Waals surface area contributed by atoms with Crippen molar-refractivity contribution < 1.29 is 9.53 Å². The molecule has 0 aliphatic carbocycles. The Hall–Kier alpha value is -3.97. The molecule has 5 aromatic rings. The fourth-order valence-electron chi connectivity index (χ4n) is 3.62. The van der Waals surface area contributed by atoms with Gasteiger partial charge in [-0.15, -0.1) is 11.3 Å². The molecule has 158 valence electrons.